The highest BCUT2D eigenvalue weighted by molar-refractivity contribution is 6.01. The minimum Gasteiger partial charge on any atom is -0.491 e. The third-order valence-corrected chi connectivity index (χ3v) is 7.19. The Labute approximate surface area is 219 Å². The van der Waals surface area contributed by atoms with Crippen molar-refractivity contribution in [1.29, 1.82) is 0 Å². The van der Waals surface area contributed by atoms with E-state index in [1.807, 2.05) is 48.9 Å². The highest BCUT2D eigenvalue weighted by atomic mass is 16.5. The van der Waals surface area contributed by atoms with Crippen LogP contribution in [0, 0.1) is 0 Å². The van der Waals surface area contributed by atoms with Crippen molar-refractivity contribution in [2.24, 2.45) is 0 Å². The molecule has 188 valence electrons. The smallest absolute Gasteiger partial charge is 0.138 e. The number of nitrogens with one attached hydrogen (secondary N) is 2. The first kappa shape index (κ1) is 22.6. The molecule has 38 heavy (non-hydrogen) atoms. The standard InChI is InChI=1S/C30H27N7O/c1-2-9-32-25(7-1)22-6-5-8-26-23(22)15-28(34-26)30-24-16-27(33-19-29(24)35-36-30)20-14-21(18-31-17-20)38-13-12-37-10-3-4-11-37/h1-2,5-9,14-19,34H,3-4,10-13H2,(H,35,36). The molecule has 5 aromatic heterocycles. The highest BCUT2D eigenvalue weighted by Gasteiger charge is 2.16. The second-order valence-corrected chi connectivity index (χ2v) is 9.66. The molecule has 0 bridgehead atoms. The maximum atomic E-state index is 6.02. The van der Waals surface area contributed by atoms with Crippen LogP contribution in [0.15, 0.2) is 79.4 Å². The van der Waals surface area contributed by atoms with E-state index in [4.69, 9.17) is 4.74 Å². The second-order valence-electron chi connectivity index (χ2n) is 9.66. The van der Waals surface area contributed by atoms with Crippen LogP contribution in [0.1, 0.15) is 12.8 Å². The van der Waals surface area contributed by atoms with Gasteiger partial charge in [0.1, 0.15) is 18.1 Å². The number of H-pyrrole nitrogens is 2. The molecule has 1 fully saturated rings. The Bertz CT molecular complexity index is 1720. The summed E-state index contributed by atoms with van der Waals surface area (Å²) in [7, 11) is 0. The van der Waals surface area contributed by atoms with Crippen LogP contribution in [0.2, 0.25) is 0 Å². The average molecular weight is 502 g/mol. The number of ether oxygens (including phenoxy) is 1. The highest BCUT2D eigenvalue weighted by Crippen LogP contribution is 2.34. The molecule has 0 unspecified atom stereocenters. The fourth-order valence-corrected chi connectivity index (χ4v) is 5.24. The molecule has 2 N–H and O–H groups in total. The minimum absolute atomic E-state index is 0.657. The number of hydrogen-bond donors (Lipinski definition) is 2. The lowest BCUT2D eigenvalue weighted by Crippen LogP contribution is -2.25. The Hall–Kier alpha value is -4.56. The molecule has 1 aliphatic rings. The van der Waals surface area contributed by atoms with Crippen LogP contribution in [0.4, 0.5) is 0 Å². The zero-order chi connectivity index (χ0) is 25.3. The lowest BCUT2D eigenvalue weighted by atomic mass is 10.1. The summed E-state index contributed by atoms with van der Waals surface area (Å²) in [6.45, 7) is 3.93. The number of nitrogens with zero attached hydrogens (tertiary/aromatic N) is 5. The Morgan fingerprint density at radius 2 is 1.79 bits per heavy atom. The van der Waals surface area contributed by atoms with Gasteiger partial charge in [-0.3, -0.25) is 25.0 Å². The van der Waals surface area contributed by atoms with Gasteiger partial charge in [0.15, 0.2) is 0 Å². The first-order valence-corrected chi connectivity index (χ1v) is 13.0. The van der Waals surface area contributed by atoms with Gasteiger partial charge < -0.3 is 9.72 Å². The Morgan fingerprint density at radius 1 is 0.842 bits per heavy atom. The van der Waals surface area contributed by atoms with E-state index in [9.17, 15) is 0 Å². The topological polar surface area (TPSA) is 95.6 Å². The van der Waals surface area contributed by atoms with Gasteiger partial charge in [-0.15, -0.1) is 0 Å². The van der Waals surface area contributed by atoms with E-state index in [-0.39, 0.29) is 0 Å². The summed E-state index contributed by atoms with van der Waals surface area (Å²) in [6, 6.07) is 18.4. The van der Waals surface area contributed by atoms with E-state index in [0.29, 0.717) is 6.61 Å². The summed E-state index contributed by atoms with van der Waals surface area (Å²) in [4.78, 5) is 19.6. The second kappa shape index (κ2) is 9.72. The van der Waals surface area contributed by atoms with Crippen LogP contribution in [0.25, 0.3) is 55.7 Å². The normalized spacial score (nSPS) is 14.0. The van der Waals surface area contributed by atoms with E-state index in [0.717, 1.165) is 68.0 Å². The maximum Gasteiger partial charge on any atom is 0.138 e. The Morgan fingerprint density at radius 3 is 2.68 bits per heavy atom. The molecule has 0 radical (unpaired) electrons. The number of hydrogen-bond acceptors (Lipinski definition) is 6. The Kier molecular flexibility index (Phi) is 5.79. The fraction of sp³-hybridized carbons (Fsp3) is 0.200. The summed E-state index contributed by atoms with van der Waals surface area (Å²) >= 11 is 0. The summed E-state index contributed by atoms with van der Waals surface area (Å²) in [5.74, 6) is 0.758. The van der Waals surface area contributed by atoms with Crippen molar-refractivity contribution in [2.45, 2.75) is 12.8 Å². The zero-order valence-corrected chi connectivity index (χ0v) is 20.9. The van der Waals surface area contributed by atoms with Gasteiger partial charge in [0.05, 0.1) is 35.0 Å². The van der Waals surface area contributed by atoms with Crippen LogP contribution in [0.5, 0.6) is 5.75 Å². The van der Waals surface area contributed by atoms with Gasteiger partial charge in [-0.25, -0.2) is 0 Å². The number of pyridine rings is 3. The molecular weight excluding hydrogens is 474 g/mol. The van der Waals surface area contributed by atoms with Gasteiger partial charge in [-0.1, -0.05) is 18.2 Å². The van der Waals surface area contributed by atoms with Crippen molar-refractivity contribution >= 4 is 21.8 Å². The summed E-state index contributed by atoms with van der Waals surface area (Å²) in [6.07, 6.45) is 9.79. The molecule has 1 saturated heterocycles. The summed E-state index contributed by atoms with van der Waals surface area (Å²) in [5, 5.41) is 9.86. The van der Waals surface area contributed by atoms with Gasteiger partial charge in [0, 0.05) is 46.4 Å². The van der Waals surface area contributed by atoms with E-state index < -0.39 is 0 Å². The molecule has 1 aliphatic heterocycles. The van der Waals surface area contributed by atoms with Gasteiger partial charge in [-0.2, -0.15) is 5.10 Å². The molecule has 0 spiro atoms. The number of aromatic amines is 2. The fourth-order valence-electron chi connectivity index (χ4n) is 5.24. The van der Waals surface area contributed by atoms with Gasteiger partial charge in [0.25, 0.3) is 0 Å². The van der Waals surface area contributed by atoms with Crippen LogP contribution in [0.3, 0.4) is 0 Å². The van der Waals surface area contributed by atoms with Crippen molar-refractivity contribution in [1.82, 2.24) is 35.0 Å². The summed E-state index contributed by atoms with van der Waals surface area (Å²) < 4.78 is 6.02. The summed E-state index contributed by atoms with van der Waals surface area (Å²) in [5.41, 5.74) is 7.45. The molecule has 8 heteroatoms. The number of aromatic nitrogens is 6. The van der Waals surface area contributed by atoms with Gasteiger partial charge >= 0.3 is 0 Å². The molecular formula is C30H27N7O. The number of benzene rings is 1. The molecule has 8 nitrogen and oxygen atoms in total. The number of rotatable bonds is 7. The van der Waals surface area contributed by atoms with E-state index in [1.54, 1.807) is 6.20 Å². The van der Waals surface area contributed by atoms with Crippen molar-refractivity contribution in [3.63, 3.8) is 0 Å². The van der Waals surface area contributed by atoms with Crippen molar-refractivity contribution < 1.29 is 4.74 Å². The van der Waals surface area contributed by atoms with Gasteiger partial charge in [0.2, 0.25) is 0 Å². The predicted molar refractivity (Wildman–Crippen MR) is 149 cm³/mol. The first-order chi connectivity index (χ1) is 18.8. The van der Waals surface area contributed by atoms with Gasteiger partial charge in [-0.05, 0) is 62.3 Å². The third kappa shape index (κ3) is 4.29. The molecule has 6 heterocycles. The number of fused-ring (bicyclic) bond motifs is 2. The van der Waals surface area contributed by atoms with E-state index in [1.165, 1.54) is 25.9 Å². The third-order valence-electron chi connectivity index (χ3n) is 7.19. The lowest BCUT2D eigenvalue weighted by molar-refractivity contribution is 0.237. The molecule has 7 rings (SSSR count). The van der Waals surface area contributed by atoms with Crippen molar-refractivity contribution in [3.8, 4) is 39.7 Å². The molecule has 0 amide bonds. The maximum absolute atomic E-state index is 6.02. The van der Waals surface area contributed by atoms with Crippen molar-refractivity contribution in [3.05, 3.63) is 79.4 Å². The van der Waals surface area contributed by atoms with Crippen molar-refractivity contribution in [2.75, 3.05) is 26.2 Å². The SMILES string of the molecule is c1ccc(-c2cccc3[nH]c(-c4n[nH]c5cnc(-c6cncc(OCCN7CCCC7)c6)cc45)cc23)nc1. The minimum atomic E-state index is 0.657. The lowest BCUT2D eigenvalue weighted by Gasteiger charge is -2.15. The van der Waals surface area contributed by atoms with E-state index >= 15 is 0 Å². The Balaban J connectivity index is 1.20. The molecule has 0 saturated carbocycles. The average Bonchev–Trinajstić information content (AvgIpc) is 3.73. The molecule has 0 atom stereocenters. The monoisotopic (exact) mass is 501 g/mol. The molecule has 1 aromatic carbocycles. The molecule has 6 aromatic rings. The van der Waals surface area contributed by atoms with Crippen LogP contribution in [-0.2, 0) is 0 Å². The van der Waals surface area contributed by atoms with Crippen LogP contribution in [-0.4, -0.2) is 61.3 Å². The predicted octanol–water partition coefficient (Wildman–Crippen LogP) is 5.70. The zero-order valence-electron chi connectivity index (χ0n) is 20.9. The first-order valence-electron chi connectivity index (χ1n) is 13.0. The number of likely N-dealkylation sites (tertiary alicyclic amines) is 1. The molecule has 0 aliphatic carbocycles. The van der Waals surface area contributed by atoms with Crippen LogP contribution < -0.4 is 4.74 Å². The largest absolute Gasteiger partial charge is 0.491 e. The van der Waals surface area contributed by atoms with E-state index in [2.05, 4.69) is 59.3 Å². The van der Waals surface area contributed by atoms with Crippen LogP contribution >= 0.6 is 0 Å². The quantitative estimate of drug-likeness (QED) is 0.291.